The summed E-state index contributed by atoms with van der Waals surface area (Å²) in [6.07, 6.45) is 3.46. The first kappa shape index (κ1) is 15.3. The second kappa shape index (κ2) is 7.09. The molecule has 3 nitrogen and oxygen atoms in total. The number of benzene rings is 2. The van der Waals surface area contributed by atoms with Crippen molar-refractivity contribution in [3.63, 3.8) is 0 Å². The lowest BCUT2D eigenvalue weighted by atomic mass is 10.1. The monoisotopic (exact) mass is 344 g/mol. The minimum atomic E-state index is -0.262. The van der Waals surface area contributed by atoms with E-state index in [-0.39, 0.29) is 6.03 Å². The van der Waals surface area contributed by atoms with Crippen molar-refractivity contribution < 1.29 is 4.79 Å². The van der Waals surface area contributed by atoms with Gasteiger partial charge in [0, 0.05) is 16.4 Å². The third kappa shape index (κ3) is 4.46. The quantitative estimate of drug-likeness (QED) is 0.820. The van der Waals surface area contributed by atoms with E-state index in [1.807, 2.05) is 62.4 Å². The molecule has 0 bridgehead atoms. The predicted molar refractivity (Wildman–Crippen MR) is 91.2 cm³/mol. The fraction of sp³-hybridized carbons (Fsp3) is 0.118. The van der Waals surface area contributed by atoms with Gasteiger partial charge in [-0.05, 0) is 54.8 Å². The van der Waals surface area contributed by atoms with Crippen LogP contribution in [0.15, 0.2) is 53.1 Å². The van der Waals surface area contributed by atoms with Gasteiger partial charge in [0.2, 0.25) is 0 Å². The van der Waals surface area contributed by atoms with Crippen molar-refractivity contribution in [3.8, 4) is 0 Å². The van der Waals surface area contributed by atoms with Crippen LogP contribution < -0.4 is 10.6 Å². The van der Waals surface area contributed by atoms with Gasteiger partial charge in [-0.3, -0.25) is 0 Å². The summed E-state index contributed by atoms with van der Waals surface area (Å²) in [5.41, 5.74) is 4.14. The van der Waals surface area contributed by atoms with Crippen LogP contribution >= 0.6 is 15.9 Å². The van der Waals surface area contributed by atoms with Crippen molar-refractivity contribution in [2.45, 2.75) is 13.8 Å². The Bertz CT molecular complexity index is 680. The maximum Gasteiger partial charge on any atom is 0.323 e. The second-order valence-corrected chi connectivity index (χ2v) is 5.61. The fourth-order valence-corrected chi connectivity index (χ4v) is 2.22. The highest BCUT2D eigenvalue weighted by atomic mass is 79.9. The average molecular weight is 345 g/mol. The van der Waals surface area contributed by atoms with Gasteiger partial charge in [0.15, 0.2) is 0 Å². The number of hydrogen-bond donors (Lipinski definition) is 2. The van der Waals surface area contributed by atoms with Crippen LogP contribution in [0.25, 0.3) is 6.08 Å². The Hall–Kier alpha value is -2.07. The molecule has 0 unspecified atom stereocenters. The SMILES string of the molecule is Cc1ccc(NC(=O)N/C=C/c2ccccc2Br)cc1C. The number of rotatable bonds is 3. The van der Waals surface area contributed by atoms with Crippen LogP contribution in [-0.2, 0) is 0 Å². The molecule has 4 heteroatoms. The molecule has 108 valence electrons. The second-order valence-electron chi connectivity index (χ2n) is 4.75. The van der Waals surface area contributed by atoms with Gasteiger partial charge in [-0.1, -0.05) is 40.2 Å². The molecule has 0 saturated carbocycles. The zero-order chi connectivity index (χ0) is 15.2. The summed E-state index contributed by atoms with van der Waals surface area (Å²) in [5, 5.41) is 5.49. The third-order valence-electron chi connectivity index (χ3n) is 3.15. The summed E-state index contributed by atoms with van der Waals surface area (Å²) in [4.78, 5) is 11.8. The van der Waals surface area contributed by atoms with E-state index >= 15 is 0 Å². The first-order chi connectivity index (χ1) is 10.1. The number of halogens is 1. The molecule has 0 saturated heterocycles. The molecule has 21 heavy (non-hydrogen) atoms. The molecule has 0 atom stereocenters. The van der Waals surface area contributed by atoms with Crippen LogP contribution in [0.2, 0.25) is 0 Å². The zero-order valence-corrected chi connectivity index (χ0v) is 13.6. The molecule has 0 aliphatic carbocycles. The molecule has 2 amide bonds. The van der Waals surface area contributed by atoms with Gasteiger partial charge in [-0.15, -0.1) is 0 Å². The lowest BCUT2D eigenvalue weighted by Gasteiger charge is -2.07. The van der Waals surface area contributed by atoms with E-state index in [1.165, 1.54) is 5.56 Å². The van der Waals surface area contributed by atoms with E-state index in [4.69, 9.17) is 0 Å². The van der Waals surface area contributed by atoms with E-state index < -0.39 is 0 Å². The molecule has 2 rings (SSSR count). The summed E-state index contributed by atoms with van der Waals surface area (Å²) in [6, 6.07) is 13.4. The molecule has 0 radical (unpaired) electrons. The maximum absolute atomic E-state index is 11.8. The predicted octanol–water partition coefficient (Wildman–Crippen LogP) is 4.86. The molecule has 2 aromatic carbocycles. The van der Waals surface area contributed by atoms with E-state index in [9.17, 15) is 4.79 Å². The Balaban J connectivity index is 1.93. The standard InChI is InChI=1S/C17H17BrN2O/c1-12-7-8-15(11-13(12)2)20-17(21)19-10-9-14-5-3-4-6-16(14)18/h3-11H,1-2H3,(H2,19,20,21)/b10-9+. The maximum atomic E-state index is 11.8. The minimum Gasteiger partial charge on any atom is -0.314 e. The number of aryl methyl sites for hydroxylation is 2. The van der Waals surface area contributed by atoms with Crippen LogP contribution in [0, 0.1) is 13.8 Å². The van der Waals surface area contributed by atoms with Gasteiger partial charge < -0.3 is 10.6 Å². The Morgan fingerprint density at radius 2 is 1.86 bits per heavy atom. The molecular weight excluding hydrogens is 328 g/mol. The summed E-state index contributed by atoms with van der Waals surface area (Å²) in [6.45, 7) is 4.06. The van der Waals surface area contributed by atoms with Gasteiger partial charge in [-0.2, -0.15) is 0 Å². The molecule has 0 aromatic heterocycles. The Labute approximate surface area is 133 Å². The number of urea groups is 1. The Kier molecular flexibility index (Phi) is 5.17. The number of amides is 2. The highest BCUT2D eigenvalue weighted by Gasteiger charge is 2.01. The molecular formula is C17H17BrN2O. The summed E-state index contributed by atoms with van der Waals surface area (Å²) in [5.74, 6) is 0. The van der Waals surface area contributed by atoms with Crippen LogP contribution in [-0.4, -0.2) is 6.03 Å². The number of anilines is 1. The highest BCUT2D eigenvalue weighted by molar-refractivity contribution is 9.10. The Morgan fingerprint density at radius 1 is 1.10 bits per heavy atom. The number of hydrogen-bond acceptors (Lipinski definition) is 1. The topological polar surface area (TPSA) is 41.1 Å². The molecule has 0 fully saturated rings. The molecule has 0 spiro atoms. The molecule has 0 aliphatic rings. The van der Waals surface area contributed by atoms with Crippen LogP contribution in [0.1, 0.15) is 16.7 Å². The first-order valence-electron chi connectivity index (χ1n) is 6.62. The van der Waals surface area contributed by atoms with Gasteiger partial charge in [0.05, 0.1) is 0 Å². The van der Waals surface area contributed by atoms with E-state index in [0.29, 0.717) is 0 Å². The van der Waals surface area contributed by atoms with Crippen molar-refractivity contribution in [2.24, 2.45) is 0 Å². The highest BCUT2D eigenvalue weighted by Crippen LogP contribution is 2.17. The van der Waals surface area contributed by atoms with Gasteiger partial charge in [0.25, 0.3) is 0 Å². The summed E-state index contributed by atoms with van der Waals surface area (Å²) in [7, 11) is 0. The smallest absolute Gasteiger partial charge is 0.314 e. The van der Waals surface area contributed by atoms with E-state index in [1.54, 1.807) is 6.20 Å². The van der Waals surface area contributed by atoms with Crippen molar-refractivity contribution in [1.29, 1.82) is 0 Å². The van der Waals surface area contributed by atoms with Crippen molar-refractivity contribution in [2.75, 3.05) is 5.32 Å². The van der Waals surface area contributed by atoms with E-state index in [0.717, 1.165) is 21.3 Å². The van der Waals surface area contributed by atoms with E-state index in [2.05, 4.69) is 26.6 Å². The zero-order valence-electron chi connectivity index (χ0n) is 12.0. The van der Waals surface area contributed by atoms with Crippen molar-refractivity contribution >= 4 is 33.7 Å². The van der Waals surface area contributed by atoms with Crippen LogP contribution in [0.5, 0.6) is 0 Å². The molecule has 0 aliphatic heterocycles. The fourth-order valence-electron chi connectivity index (χ4n) is 1.80. The molecule has 2 N–H and O–H groups in total. The van der Waals surface area contributed by atoms with Crippen molar-refractivity contribution in [3.05, 3.63) is 69.8 Å². The lowest BCUT2D eigenvalue weighted by molar-refractivity contribution is 0.255. The van der Waals surface area contributed by atoms with Crippen LogP contribution in [0.4, 0.5) is 10.5 Å². The van der Waals surface area contributed by atoms with Gasteiger partial charge >= 0.3 is 6.03 Å². The normalized spacial score (nSPS) is 10.6. The van der Waals surface area contributed by atoms with Crippen molar-refractivity contribution in [1.82, 2.24) is 5.32 Å². The number of nitrogens with one attached hydrogen (secondary N) is 2. The molecule has 2 aromatic rings. The average Bonchev–Trinajstić information content (AvgIpc) is 2.45. The molecule has 0 heterocycles. The minimum absolute atomic E-state index is 0.262. The van der Waals surface area contributed by atoms with Crippen LogP contribution in [0.3, 0.4) is 0 Å². The first-order valence-corrected chi connectivity index (χ1v) is 7.41. The largest absolute Gasteiger partial charge is 0.323 e. The third-order valence-corrected chi connectivity index (χ3v) is 3.87. The lowest BCUT2D eigenvalue weighted by Crippen LogP contribution is -2.23. The van der Waals surface area contributed by atoms with Gasteiger partial charge in [0.1, 0.15) is 0 Å². The number of carbonyl (C=O) groups excluding carboxylic acids is 1. The van der Waals surface area contributed by atoms with Gasteiger partial charge in [-0.25, -0.2) is 4.79 Å². The summed E-state index contributed by atoms with van der Waals surface area (Å²) >= 11 is 3.45. The summed E-state index contributed by atoms with van der Waals surface area (Å²) < 4.78 is 0.984. The number of carbonyl (C=O) groups is 1. The Morgan fingerprint density at radius 3 is 2.57 bits per heavy atom.